The maximum atomic E-state index is 5.68. The van der Waals surface area contributed by atoms with E-state index in [1.807, 2.05) is 18.2 Å². The third-order valence-electron chi connectivity index (χ3n) is 3.05. The molecule has 0 saturated carbocycles. The maximum absolute atomic E-state index is 5.68. The molecule has 0 bridgehead atoms. The predicted octanol–water partition coefficient (Wildman–Crippen LogP) is 2.58. The molecule has 116 valence electrons. The Bertz CT molecular complexity index is 515. The van der Waals surface area contributed by atoms with Crippen LogP contribution in [0.2, 0.25) is 0 Å². The summed E-state index contributed by atoms with van der Waals surface area (Å²) in [6, 6.07) is 10.3. The Labute approximate surface area is 131 Å². The molecule has 0 aliphatic heterocycles. The topological polar surface area (TPSA) is 68.2 Å². The van der Waals surface area contributed by atoms with Gasteiger partial charge in [-0.05, 0) is 5.56 Å². The minimum atomic E-state index is 0. The van der Waals surface area contributed by atoms with Crippen molar-refractivity contribution in [1.82, 2.24) is 15.0 Å². The molecule has 0 fully saturated rings. The van der Waals surface area contributed by atoms with E-state index in [0.29, 0.717) is 19.0 Å². The lowest BCUT2D eigenvalue weighted by Gasteiger charge is -2.19. The van der Waals surface area contributed by atoms with Crippen molar-refractivity contribution >= 4 is 12.4 Å². The van der Waals surface area contributed by atoms with Gasteiger partial charge >= 0.3 is 0 Å². The van der Waals surface area contributed by atoms with Crippen molar-refractivity contribution in [2.24, 2.45) is 5.73 Å². The second-order valence-corrected chi connectivity index (χ2v) is 5.19. The van der Waals surface area contributed by atoms with Crippen LogP contribution in [0, 0.1) is 0 Å². The monoisotopic (exact) mass is 310 g/mol. The van der Waals surface area contributed by atoms with Crippen molar-refractivity contribution in [2.75, 3.05) is 13.1 Å². The lowest BCUT2D eigenvalue weighted by atomic mass is 10.2. The summed E-state index contributed by atoms with van der Waals surface area (Å²) in [6.07, 6.45) is 0. The first-order valence-electron chi connectivity index (χ1n) is 6.98. The Kier molecular flexibility index (Phi) is 7.36. The molecule has 0 unspecified atom stereocenters. The van der Waals surface area contributed by atoms with Crippen molar-refractivity contribution in [3.05, 3.63) is 47.6 Å². The van der Waals surface area contributed by atoms with E-state index in [4.69, 9.17) is 10.3 Å². The molecule has 0 amide bonds. The number of hydrogen-bond donors (Lipinski definition) is 1. The Morgan fingerprint density at radius 1 is 1.19 bits per heavy atom. The lowest BCUT2D eigenvalue weighted by Crippen LogP contribution is -2.28. The number of nitrogens with zero attached hydrogens (tertiary/aromatic N) is 3. The minimum absolute atomic E-state index is 0. The molecular weight excluding hydrogens is 288 g/mol. The predicted molar refractivity (Wildman–Crippen MR) is 85.2 cm³/mol. The molecule has 1 heterocycles. The van der Waals surface area contributed by atoms with Crippen LogP contribution >= 0.6 is 12.4 Å². The smallest absolute Gasteiger partial charge is 0.240 e. The van der Waals surface area contributed by atoms with Crippen LogP contribution in [0.4, 0.5) is 0 Å². The van der Waals surface area contributed by atoms with E-state index in [9.17, 15) is 0 Å². The first-order chi connectivity index (χ1) is 9.69. The zero-order valence-electron chi connectivity index (χ0n) is 12.5. The van der Waals surface area contributed by atoms with Gasteiger partial charge in [0.2, 0.25) is 5.89 Å². The fraction of sp³-hybridized carbons (Fsp3) is 0.467. The van der Waals surface area contributed by atoms with Gasteiger partial charge in [-0.25, -0.2) is 0 Å². The van der Waals surface area contributed by atoms with Crippen LogP contribution in [0.1, 0.15) is 37.0 Å². The summed E-state index contributed by atoms with van der Waals surface area (Å²) in [4.78, 5) is 6.63. The van der Waals surface area contributed by atoms with Crippen LogP contribution in [-0.4, -0.2) is 28.1 Å². The quantitative estimate of drug-likeness (QED) is 0.851. The summed E-state index contributed by atoms with van der Waals surface area (Å²) < 4.78 is 5.30. The van der Waals surface area contributed by atoms with Gasteiger partial charge in [-0.2, -0.15) is 4.98 Å². The van der Waals surface area contributed by atoms with Gasteiger partial charge in [0, 0.05) is 25.6 Å². The van der Waals surface area contributed by atoms with Crippen molar-refractivity contribution in [3.8, 4) is 0 Å². The molecule has 0 spiro atoms. The van der Waals surface area contributed by atoms with E-state index < -0.39 is 0 Å². The number of halogens is 1. The summed E-state index contributed by atoms with van der Waals surface area (Å²) in [5, 5.41) is 3.99. The second kappa shape index (κ2) is 8.77. The highest BCUT2D eigenvalue weighted by Gasteiger charge is 2.13. The van der Waals surface area contributed by atoms with Gasteiger partial charge in [0.25, 0.3) is 0 Å². The molecule has 2 N–H and O–H groups in total. The van der Waals surface area contributed by atoms with E-state index in [1.54, 1.807) is 0 Å². The summed E-state index contributed by atoms with van der Waals surface area (Å²) in [7, 11) is 0. The van der Waals surface area contributed by atoms with Crippen LogP contribution in [-0.2, 0) is 13.1 Å². The molecule has 21 heavy (non-hydrogen) atoms. The number of hydrogen-bond acceptors (Lipinski definition) is 5. The molecular formula is C15H23ClN4O. The standard InChI is InChI=1S/C15H22N4O.ClH/c1-12(2)15-17-14(20-18-15)11-19(9-8-16)10-13-6-4-3-5-7-13;/h3-7,12H,8-11,16H2,1-2H3;1H. The third-order valence-corrected chi connectivity index (χ3v) is 3.05. The lowest BCUT2D eigenvalue weighted by molar-refractivity contribution is 0.224. The number of benzene rings is 1. The van der Waals surface area contributed by atoms with Gasteiger partial charge < -0.3 is 10.3 Å². The molecule has 1 aromatic carbocycles. The number of nitrogens with two attached hydrogens (primary N) is 1. The molecule has 0 saturated heterocycles. The molecule has 0 radical (unpaired) electrons. The second-order valence-electron chi connectivity index (χ2n) is 5.19. The highest BCUT2D eigenvalue weighted by Crippen LogP contribution is 2.12. The zero-order chi connectivity index (χ0) is 14.4. The first kappa shape index (κ1) is 17.6. The maximum Gasteiger partial charge on any atom is 0.240 e. The fourth-order valence-electron chi connectivity index (χ4n) is 2.00. The van der Waals surface area contributed by atoms with E-state index in [2.05, 4.69) is 41.0 Å². The zero-order valence-corrected chi connectivity index (χ0v) is 13.3. The SMILES string of the molecule is CC(C)c1noc(CN(CCN)Cc2ccccc2)n1.Cl. The highest BCUT2D eigenvalue weighted by molar-refractivity contribution is 5.85. The Morgan fingerprint density at radius 2 is 1.90 bits per heavy atom. The van der Waals surface area contributed by atoms with Gasteiger partial charge in [0.15, 0.2) is 5.82 Å². The Hall–Kier alpha value is -1.43. The molecule has 6 heteroatoms. The molecule has 0 aliphatic rings. The Morgan fingerprint density at radius 3 is 2.48 bits per heavy atom. The fourth-order valence-corrected chi connectivity index (χ4v) is 2.00. The highest BCUT2D eigenvalue weighted by atomic mass is 35.5. The third kappa shape index (κ3) is 5.46. The molecule has 1 aromatic heterocycles. The Balaban J connectivity index is 0.00000220. The number of aromatic nitrogens is 2. The normalized spacial score (nSPS) is 10.9. The van der Waals surface area contributed by atoms with Crippen LogP contribution in [0.15, 0.2) is 34.9 Å². The summed E-state index contributed by atoms with van der Waals surface area (Å²) in [5.41, 5.74) is 6.94. The molecule has 2 rings (SSSR count). The van der Waals surface area contributed by atoms with E-state index in [-0.39, 0.29) is 18.3 Å². The van der Waals surface area contributed by atoms with Gasteiger partial charge in [0.1, 0.15) is 0 Å². The summed E-state index contributed by atoms with van der Waals surface area (Å²) in [6.45, 7) is 6.97. The van der Waals surface area contributed by atoms with E-state index in [1.165, 1.54) is 5.56 Å². The van der Waals surface area contributed by atoms with Crippen molar-refractivity contribution in [2.45, 2.75) is 32.9 Å². The number of rotatable bonds is 7. The van der Waals surface area contributed by atoms with Crippen LogP contribution < -0.4 is 5.73 Å². The van der Waals surface area contributed by atoms with Crippen molar-refractivity contribution in [1.29, 1.82) is 0 Å². The van der Waals surface area contributed by atoms with Gasteiger partial charge in [-0.1, -0.05) is 49.3 Å². The van der Waals surface area contributed by atoms with Gasteiger partial charge in [-0.3, -0.25) is 4.90 Å². The summed E-state index contributed by atoms with van der Waals surface area (Å²) in [5.74, 6) is 1.69. The average Bonchev–Trinajstić information content (AvgIpc) is 2.89. The van der Waals surface area contributed by atoms with Crippen LogP contribution in [0.5, 0.6) is 0 Å². The van der Waals surface area contributed by atoms with Gasteiger partial charge in [0.05, 0.1) is 6.54 Å². The van der Waals surface area contributed by atoms with Crippen molar-refractivity contribution in [3.63, 3.8) is 0 Å². The largest absolute Gasteiger partial charge is 0.338 e. The van der Waals surface area contributed by atoms with E-state index in [0.717, 1.165) is 18.9 Å². The molecule has 0 atom stereocenters. The van der Waals surface area contributed by atoms with E-state index >= 15 is 0 Å². The first-order valence-corrected chi connectivity index (χ1v) is 6.98. The summed E-state index contributed by atoms with van der Waals surface area (Å²) >= 11 is 0. The molecule has 5 nitrogen and oxygen atoms in total. The minimum Gasteiger partial charge on any atom is -0.338 e. The molecule has 0 aliphatic carbocycles. The van der Waals surface area contributed by atoms with Gasteiger partial charge in [-0.15, -0.1) is 12.4 Å². The average molecular weight is 311 g/mol. The molecule has 2 aromatic rings. The van der Waals surface area contributed by atoms with Crippen molar-refractivity contribution < 1.29 is 4.52 Å². The van der Waals surface area contributed by atoms with Crippen LogP contribution in [0.25, 0.3) is 0 Å². The van der Waals surface area contributed by atoms with Crippen LogP contribution in [0.3, 0.4) is 0 Å².